The lowest BCUT2D eigenvalue weighted by Gasteiger charge is -2.20. The van der Waals surface area contributed by atoms with E-state index in [9.17, 15) is 4.79 Å². The minimum absolute atomic E-state index is 0.0449. The molecule has 1 N–H and O–H groups in total. The van der Waals surface area contributed by atoms with E-state index in [1.165, 1.54) is 4.88 Å². The minimum Gasteiger partial charge on any atom is -0.468 e. The van der Waals surface area contributed by atoms with Gasteiger partial charge >= 0.3 is 0 Å². The molecule has 2 aromatic heterocycles. The first kappa shape index (κ1) is 19.2. The molecule has 0 aliphatic heterocycles. The zero-order valence-corrected chi connectivity index (χ0v) is 16.8. The number of nitrogens with zero attached hydrogens (tertiary/aromatic N) is 1. The number of rotatable bonds is 8. The SMILES string of the molecule is O=C(CN(Cc1ccco1)Cc1cccs1)Nc1ccccc1-c1ccccc1. The van der Waals surface area contributed by atoms with E-state index in [1.54, 1.807) is 17.6 Å². The zero-order chi connectivity index (χ0) is 19.9. The van der Waals surface area contributed by atoms with E-state index in [2.05, 4.69) is 21.7 Å². The molecule has 0 atom stereocenters. The van der Waals surface area contributed by atoms with Gasteiger partial charge in [-0.3, -0.25) is 9.69 Å². The maximum absolute atomic E-state index is 12.9. The number of hydrogen-bond donors (Lipinski definition) is 1. The standard InChI is InChI=1S/C24H22N2O2S/c27-24(25-23-13-5-4-12-22(23)19-8-2-1-3-9-19)18-26(16-20-10-6-14-28-20)17-21-11-7-15-29-21/h1-15H,16-18H2,(H,25,27). The largest absolute Gasteiger partial charge is 0.468 e. The first-order valence-electron chi connectivity index (χ1n) is 9.49. The van der Waals surface area contributed by atoms with E-state index < -0.39 is 0 Å². The van der Waals surface area contributed by atoms with Crippen LogP contribution < -0.4 is 5.32 Å². The zero-order valence-electron chi connectivity index (χ0n) is 16.0. The minimum atomic E-state index is -0.0449. The highest BCUT2D eigenvalue weighted by Crippen LogP contribution is 2.27. The van der Waals surface area contributed by atoms with Crippen LogP contribution >= 0.6 is 11.3 Å². The summed E-state index contributed by atoms with van der Waals surface area (Å²) >= 11 is 1.69. The van der Waals surface area contributed by atoms with E-state index in [-0.39, 0.29) is 12.5 Å². The summed E-state index contributed by atoms with van der Waals surface area (Å²) in [7, 11) is 0. The normalized spacial score (nSPS) is 10.9. The van der Waals surface area contributed by atoms with Crippen molar-refractivity contribution in [3.8, 4) is 11.1 Å². The van der Waals surface area contributed by atoms with Crippen molar-refractivity contribution in [3.63, 3.8) is 0 Å². The van der Waals surface area contributed by atoms with Crippen LogP contribution in [0, 0.1) is 0 Å². The van der Waals surface area contributed by atoms with E-state index in [4.69, 9.17) is 4.42 Å². The number of para-hydroxylation sites is 1. The van der Waals surface area contributed by atoms with Gasteiger partial charge in [-0.2, -0.15) is 0 Å². The molecule has 2 aromatic carbocycles. The molecule has 0 spiro atoms. The first-order valence-corrected chi connectivity index (χ1v) is 10.4. The van der Waals surface area contributed by atoms with Gasteiger partial charge in [0.2, 0.25) is 5.91 Å². The van der Waals surface area contributed by atoms with Crippen LogP contribution in [0.2, 0.25) is 0 Å². The molecule has 0 aliphatic carbocycles. The summed E-state index contributed by atoms with van der Waals surface area (Å²) in [5.74, 6) is 0.801. The third-order valence-electron chi connectivity index (χ3n) is 4.57. The van der Waals surface area contributed by atoms with Crippen LogP contribution in [-0.2, 0) is 17.9 Å². The van der Waals surface area contributed by atoms with Gasteiger partial charge in [0.1, 0.15) is 5.76 Å². The van der Waals surface area contributed by atoms with E-state index in [0.717, 1.165) is 22.6 Å². The molecule has 29 heavy (non-hydrogen) atoms. The molecule has 0 unspecified atom stereocenters. The Morgan fingerprint density at radius 2 is 1.72 bits per heavy atom. The molecule has 4 rings (SSSR count). The van der Waals surface area contributed by atoms with E-state index in [1.807, 2.05) is 72.8 Å². The molecule has 4 nitrogen and oxygen atoms in total. The molecule has 0 saturated carbocycles. The maximum Gasteiger partial charge on any atom is 0.238 e. The van der Waals surface area contributed by atoms with Crippen molar-refractivity contribution in [2.45, 2.75) is 13.1 Å². The van der Waals surface area contributed by atoms with Crippen LogP contribution in [0.3, 0.4) is 0 Å². The lowest BCUT2D eigenvalue weighted by atomic mass is 10.0. The number of carbonyl (C=O) groups is 1. The van der Waals surface area contributed by atoms with Crippen molar-refractivity contribution in [1.82, 2.24) is 4.90 Å². The summed E-state index contributed by atoms with van der Waals surface area (Å²) in [4.78, 5) is 16.2. The number of nitrogens with one attached hydrogen (secondary N) is 1. The highest BCUT2D eigenvalue weighted by molar-refractivity contribution is 7.09. The van der Waals surface area contributed by atoms with Gasteiger partial charge in [0.25, 0.3) is 0 Å². The summed E-state index contributed by atoms with van der Waals surface area (Å²) in [6.45, 7) is 1.56. The monoisotopic (exact) mass is 402 g/mol. The Balaban J connectivity index is 1.48. The number of amides is 1. The summed E-state index contributed by atoms with van der Waals surface area (Å²) < 4.78 is 5.49. The Morgan fingerprint density at radius 3 is 2.48 bits per heavy atom. The molecule has 1 amide bonds. The Hall–Kier alpha value is -3.15. The van der Waals surface area contributed by atoms with Crippen LogP contribution in [0.5, 0.6) is 0 Å². The lowest BCUT2D eigenvalue weighted by molar-refractivity contribution is -0.117. The molecule has 5 heteroatoms. The van der Waals surface area contributed by atoms with Gasteiger partial charge in [-0.05, 0) is 35.2 Å². The van der Waals surface area contributed by atoms with Crippen molar-refractivity contribution < 1.29 is 9.21 Å². The Labute approximate surface area is 174 Å². The quantitative estimate of drug-likeness (QED) is 0.414. The van der Waals surface area contributed by atoms with Crippen molar-refractivity contribution in [3.05, 3.63) is 101 Å². The average molecular weight is 403 g/mol. The smallest absolute Gasteiger partial charge is 0.238 e. The highest BCUT2D eigenvalue weighted by atomic mass is 32.1. The topological polar surface area (TPSA) is 45.5 Å². The van der Waals surface area contributed by atoms with E-state index >= 15 is 0 Å². The fourth-order valence-corrected chi connectivity index (χ4v) is 4.01. The number of carbonyl (C=O) groups excluding carboxylic acids is 1. The molecule has 0 saturated heterocycles. The van der Waals surface area contributed by atoms with Gasteiger partial charge in [0.15, 0.2) is 0 Å². The second kappa shape index (κ2) is 9.37. The van der Waals surface area contributed by atoms with Crippen LogP contribution in [-0.4, -0.2) is 17.4 Å². The predicted molar refractivity (Wildman–Crippen MR) is 118 cm³/mol. The average Bonchev–Trinajstić information content (AvgIpc) is 3.43. The van der Waals surface area contributed by atoms with Crippen molar-refractivity contribution >= 4 is 22.9 Å². The molecule has 0 bridgehead atoms. The third kappa shape index (κ3) is 5.22. The number of hydrogen-bond acceptors (Lipinski definition) is 4. The van der Waals surface area contributed by atoms with Crippen LogP contribution in [0.1, 0.15) is 10.6 Å². The molecular weight excluding hydrogens is 380 g/mol. The molecule has 2 heterocycles. The second-order valence-corrected chi connectivity index (χ2v) is 7.80. The molecule has 4 aromatic rings. The van der Waals surface area contributed by atoms with Gasteiger partial charge in [0, 0.05) is 22.7 Å². The highest BCUT2D eigenvalue weighted by Gasteiger charge is 2.15. The maximum atomic E-state index is 12.9. The predicted octanol–water partition coefficient (Wildman–Crippen LogP) is 5.65. The summed E-state index contributed by atoms with van der Waals surface area (Å²) in [6.07, 6.45) is 1.66. The van der Waals surface area contributed by atoms with Crippen molar-refractivity contribution in [1.29, 1.82) is 0 Å². The Kier molecular flexibility index (Phi) is 6.19. The fourth-order valence-electron chi connectivity index (χ4n) is 3.27. The summed E-state index contributed by atoms with van der Waals surface area (Å²) in [5, 5.41) is 5.14. The van der Waals surface area contributed by atoms with Gasteiger partial charge in [-0.1, -0.05) is 54.6 Å². The van der Waals surface area contributed by atoms with Crippen LogP contribution in [0.15, 0.2) is 94.9 Å². The van der Waals surface area contributed by atoms with Crippen LogP contribution in [0.4, 0.5) is 5.69 Å². The Morgan fingerprint density at radius 1 is 0.897 bits per heavy atom. The molecule has 146 valence electrons. The number of benzene rings is 2. The van der Waals surface area contributed by atoms with Crippen LogP contribution in [0.25, 0.3) is 11.1 Å². The van der Waals surface area contributed by atoms with Crippen molar-refractivity contribution in [2.24, 2.45) is 0 Å². The molecule has 0 aliphatic rings. The van der Waals surface area contributed by atoms with Crippen molar-refractivity contribution in [2.75, 3.05) is 11.9 Å². The van der Waals surface area contributed by atoms with E-state index in [0.29, 0.717) is 13.1 Å². The Bertz CT molecular complexity index is 992. The summed E-state index contributed by atoms with van der Waals surface area (Å²) in [5.41, 5.74) is 2.91. The first-order chi connectivity index (χ1) is 14.3. The van der Waals surface area contributed by atoms with Gasteiger partial charge in [0.05, 0.1) is 19.4 Å². The molecule has 0 fully saturated rings. The number of furan rings is 1. The van der Waals surface area contributed by atoms with Gasteiger partial charge in [-0.25, -0.2) is 0 Å². The number of anilines is 1. The fraction of sp³-hybridized carbons (Fsp3) is 0.125. The third-order valence-corrected chi connectivity index (χ3v) is 5.43. The lowest BCUT2D eigenvalue weighted by Crippen LogP contribution is -2.32. The van der Waals surface area contributed by atoms with Gasteiger partial charge < -0.3 is 9.73 Å². The summed E-state index contributed by atoms with van der Waals surface area (Å²) in [6, 6.07) is 25.9. The number of thiophene rings is 1. The second-order valence-electron chi connectivity index (χ2n) is 6.76. The molecule has 0 radical (unpaired) electrons. The molecular formula is C24H22N2O2S. The van der Waals surface area contributed by atoms with Gasteiger partial charge in [-0.15, -0.1) is 11.3 Å².